The molecule has 4 aromatic rings. The first-order valence-electron chi connectivity index (χ1n) is 10.4. The fourth-order valence-electron chi connectivity index (χ4n) is 3.90. The van der Waals surface area contributed by atoms with Gasteiger partial charge in [0.05, 0.1) is 20.3 Å². The van der Waals surface area contributed by atoms with Crippen molar-refractivity contribution in [3.8, 4) is 22.8 Å². The summed E-state index contributed by atoms with van der Waals surface area (Å²) < 4.78 is 26.8. The Morgan fingerprint density at radius 1 is 1.09 bits per heavy atom. The second kappa shape index (κ2) is 8.39. The Morgan fingerprint density at radius 2 is 1.88 bits per heavy atom. The molecule has 1 saturated heterocycles. The summed E-state index contributed by atoms with van der Waals surface area (Å²) in [6.07, 6.45) is 1.89. The van der Waals surface area contributed by atoms with E-state index in [2.05, 4.69) is 22.3 Å². The van der Waals surface area contributed by atoms with Crippen LogP contribution in [0.4, 0.5) is 21.6 Å². The highest BCUT2D eigenvalue weighted by Crippen LogP contribution is 2.38. The van der Waals surface area contributed by atoms with Crippen molar-refractivity contribution in [2.45, 2.75) is 0 Å². The van der Waals surface area contributed by atoms with Crippen molar-refractivity contribution >= 4 is 22.8 Å². The van der Waals surface area contributed by atoms with Crippen molar-refractivity contribution in [2.24, 2.45) is 0 Å². The van der Waals surface area contributed by atoms with Crippen molar-refractivity contribution in [3.63, 3.8) is 0 Å². The number of aromatic hydroxyl groups is 1. The molecule has 2 aromatic carbocycles. The SMILES string of the molecule is COc1cc(-c2nc3ccccn3c2Nc2ccc(N3CCOCC3)cc2)cc(F)c1O. The molecule has 0 spiro atoms. The summed E-state index contributed by atoms with van der Waals surface area (Å²) in [5, 5.41) is 13.3. The Bertz CT molecular complexity index is 1250. The lowest BCUT2D eigenvalue weighted by Crippen LogP contribution is -2.36. The van der Waals surface area contributed by atoms with Crippen LogP contribution in [0, 0.1) is 5.82 Å². The Morgan fingerprint density at radius 3 is 2.62 bits per heavy atom. The van der Waals surface area contributed by atoms with E-state index in [1.807, 2.05) is 40.9 Å². The third-order valence-electron chi connectivity index (χ3n) is 5.56. The number of phenolic OH excluding ortho intramolecular Hbond substituents is 1. The van der Waals surface area contributed by atoms with Gasteiger partial charge in [0.15, 0.2) is 17.3 Å². The molecule has 32 heavy (non-hydrogen) atoms. The average Bonchev–Trinajstić information content (AvgIpc) is 3.20. The van der Waals surface area contributed by atoms with E-state index in [9.17, 15) is 9.50 Å². The number of halogens is 1. The standard InChI is InChI=1S/C24H23FN4O3/c1-31-20-15-16(14-19(25)23(20)30)22-24(29-9-3-2-4-21(29)27-22)26-17-5-7-18(8-6-17)28-10-12-32-13-11-28/h2-9,14-15,26,30H,10-13H2,1H3. The smallest absolute Gasteiger partial charge is 0.194 e. The first kappa shape index (κ1) is 20.1. The number of hydrogen-bond donors (Lipinski definition) is 2. The zero-order valence-electron chi connectivity index (χ0n) is 17.6. The molecule has 0 saturated carbocycles. The fraction of sp³-hybridized carbons (Fsp3) is 0.208. The van der Waals surface area contributed by atoms with E-state index >= 15 is 0 Å². The molecule has 3 heterocycles. The van der Waals surface area contributed by atoms with Crippen LogP contribution >= 0.6 is 0 Å². The van der Waals surface area contributed by atoms with E-state index in [4.69, 9.17) is 14.5 Å². The number of rotatable bonds is 5. The molecule has 1 aliphatic heterocycles. The summed E-state index contributed by atoms with van der Waals surface area (Å²) in [5.41, 5.74) is 3.77. The van der Waals surface area contributed by atoms with Gasteiger partial charge >= 0.3 is 0 Å². The van der Waals surface area contributed by atoms with Gasteiger partial charge < -0.3 is 24.8 Å². The normalized spacial score (nSPS) is 14.0. The number of benzene rings is 2. The third kappa shape index (κ3) is 3.69. The second-order valence-electron chi connectivity index (χ2n) is 7.52. The van der Waals surface area contributed by atoms with Gasteiger partial charge in [-0.3, -0.25) is 4.40 Å². The molecule has 0 amide bonds. The minimum atomic E-state index is -0.766. The Balaban J connectivity index is 1.53. The Hall–Kier alpha value is -3.78. The van der Waals surface area contributed by atoms with Crippen LogP contribution < -0.4 is 15.0 Å². The maximum absolute atomic E-state index is 14.3. The van der Waals surface area contributed by atoms with Gasteiger partial charge in [-0.05, 0) is 48.5 Å². The fourth-order valence-corrected chi connectivity index (χ4v) is 3.90. The highest BCUT2D eigenvalue weighted by molar-refractivity contribution is 5.81. The number of methoxy groups -OCH3 is 1. The van der Waals surface area contributed by atoms with Crippen molar-refractivity contribution in [1.29, 1.82) is 0 Å². The van der Waals surface area contributed by atoms with Crippen LogP contribution in [0.1, 0.15) is 0 Å². The van der Waals surface area contributed by atoms with E-state index in [0.717, 1.165) is 37.7 Å². The van der Waals surface area contributed by atoms with Gasteiger partial charge in [0.1, 0.15) is 17.2 Å². The molecule has 2 N–H and O–H groups in total. The lowest BCUT2D eigenvalue weighted by molar-refractivity contribution is 0.122. The molecule has 0 aliphatic carbocycles. The second-order valence-corrected chi connectivity index (χ2v) is 7.52. The minimum Gasteiger partial charge on any atom is -0.502 e. The van der Waals surface area contributed by atoms with Crippen LogP contribution in [-0.4, -0.2) is 47.9 Å². The number of phenols is 1. The van der Waals surface area contributed by atoms with Crippen molar-refractivity contribution in [3.05, 3.63) is 66.6 Å². The number of hydrogen-bond acceptors (Lipinski definition) is 6. The number of ether oxygens (including phenoxy) is 2. The van der Waals surface area contributed by atoms with Gasteiger partial charge in [0.2, 0.25) is 0 Å². The lowest BCUT2D eigenvalue weighted by atomic mass is 10.1. The molecule has 7 nitrogen and oxygen atoms in total. The summed E-state index contributed by atoms with van der Waals surface area (Å²) in [7, 11) is 1.39. The van der Waals surface area contributed by atoms with Crippen LogP contribution in [0.25, 0.3) is 16.9 Å². The molecule has 0 atom stereocenters. The van der Waals surface area contributed by atoms with E-state index in [1.54, 1.807) is 6.07 Å². The number of nitrogens with one attached hydrogen (secondary N) is 1. The maximum Gasteiger partial charge on any atom is 0.194 e. The summed E-state index contributed by atoms with van der Waals surface area (Å²) in [5.74, 6) is -0.546. The first-order valence-corrected chi connectivity index (χ1v) is 10.4. The Labute approximate surface area is 184 Å². The predicted octanol–water partition coefficient (Wildman–Crippen LogP) is 4.43. The molecule has 2 aromatic heterocycles. The van der Waals surface area contributed by atoms with Gasteiger partial charge in [0, 0.05) is 36.2 Å². The lowest BCUT2D eigenvalue weighted by Gasteiger charge is -2.28. The summed E-state index contributed by atoms with van der Waals surface area (Å²) in [4.78, 5) is 6.98. The minimum absolute atomic E-state index is 0.0536. The molecule has 5 rings (SSSR count). The molecule has 164 valence electrons. The van der Waals surface area contributed by atoms with E-state index in [1.165, 1.54) is 13.2 Å². The zero-order valence-corrected chi connectivity index (χ0v) is 17.6. The first-order chi connectivity index (χ1) is 15.6. The number of aromatic nitrogens is 2. The number of imidazole rings is 1. The third-order valence-corrected chi connectivity index (χ3v) is 5.56. The van der Waals surface area contributed by atoms with Crippen LogP contribution in [-0.2, 0) is 4.74 Å². The van der Waals surface area contributed by atoms with Gasteiger partial charge in [-0.1, -0.05) is 6.07 Å². The highest BCUT2D eigenvalue weighted by atomic mass is 19.1. The van der Waals surface area contributed by atoms with Crippen LogP contribution in [0.15, 0.2) is 60.8 Å². The molecule has 1 aliphatic rings. The summed E-state index contributed by atoms with van der Waals surface area (Å²) >= 11 is 0. The van der Waals surface area contributed by atoms with Crippen molar-refractivity contribution in [2.75, 3.05) is 43.6 Å². The highest BCUT2D eigenvalue weighted by Gasteiger charge is 2.19. The van der Waals surface area contributed by atoms with Crippen LogP contribution in [0.2, 0.25) is 0 Å². The molecular weight excluding hydrogens is 411 g/mol. The monoisotopic (exact) mass is 434 g/mol. The predicted molar refractivity (Wildman–Crippen MR) is 122 cm³/mol. The molecule has 0 bridgehead atoms. The van der Waals surface area contributed by atoms with Gasteiger partial charge in [-0.2, -0.15) is 0 Å². The van der Waals surface area contributed by atoms with Gasteiger partial charge in [-0.15, -0.1) is 0 Å². The van der Waals surface area contributed by atoms with Crippen molar-refractivity contribution in [1.82, 2.24) is 9.38 Å². The summed E-state index contributed by atoms with van der Waals surface area (Å²) in [6, 6.07) is 16.7. The average molecular weight is 434 g/mol. The quantitative estimate of drug-likeness (QED) is 0.484. The number of fused-ring (bicyclic) bond motifs is 1. The van der Waals surface area contributed by atoms with Gasteiger partial charge in [-0.25, -0.2) is 9.37 Å². The molecule has 0 unspecified atom stereocenters. The van der Waals surface area contributed by atoms with E-state index in [-0.39, 0.29) is 5.75 Å². The molecule has 1 fully saturated rings. The number of anilines is 3. The van der Waals surface area contributed by atoms with Gasteiger partial charge in [0.25, 0.3) is 0 Å². The number of morpholine rings is 1. The van der Waals surface area contributed by atoms with E-state index < -0.39 is 11.6 Å². The number of nitrogens with zero attached hydrogens (tertiary/aromatic N) is 3. The summed E-state index contributed by atoms with van der Waals surface area (Å²) in [6.45, 7) is 3.21. The molecule has 0 radical (unpaired) electrons. The van der Waals surface area contributed by atoms with Crippen LogP contribution in [0.5, 0.6) is 11.5 Å². The topological polar surface area (TPSA) is 71.3 Å². The largest absolute Gasteiger partial charge is 0.502 e. The zero-order chi connectivity index (χ0) is 22.1. The van der Waals surface area contributed by atoms with E-state index in [0.29, 0.717) is 22.7 Å². The number of pyridine rings is 1. The van der Waals surface area contributed by atoms with Crippen LogP contribution in [0.3, 0.4) is 0 Å². The molecular formula is C24H23FN4O3. The van der Waals surface area contributed by atoms with Crippen molar-refractivity contribution < 1.29 is 19.0 Å². The molecule has 8 heteroatoms. The maximum atomic E-state index is 14.3. The Kier molecular flexibility index (Phi) is 5.28.